The van der Waals surface area contributed by atoms with Gasteiger partial charge < -0.3 is 24.4 Å². The van der Waals surface area contributed by atoms with Gasteiger partial charge in [0.2, 0.25) is 0 Å². The Morgan fingerprint density at radius 3 is 2.62 bits per heavy atom. The van der Waals surface area contributed by atoms with E-state index in [9.17, 15) is 4.79 Å². The van der Waals surface area contributed by atoms with Crippen molar-refractivity contribution < 1.29 is 19.0 Å². The second-order valence-corrected chi connectivity index (χ2v) is 5.95. The maximum absolute atomic E-state index is 11.5. The summed E-state index contributed by atoms with van der Waals surface area (Å²) in [5.74, 6) is 1.55. The van der Waals surface area contributed by atoms with Crippen LogP contribution in [0.4, 0.5) is 4.79 Å². The van der Waals surface area contributed by atoms with E-state index in [-0.39, 0.29) is 6.09 Å². The minimum Gasteiger partial charge on any atom is -0.493 e. The lowest BCUT2D eigenvalue weighted by molar-refractivity contribution is 0.109. The van der Waals surface area contributed by atoms with Gasteiger partial charge in [0.25, 0.3) is 0 Å². The zero-order valence-corrected chi connectivity index (χ0v) is 14.8. The molecule has 1 aromatic carbocycles. The molecule has 1 N–H and O–H groups in total. The van der Waals surface area contributed by atoms with Crippen LogP contribution in [0.1, 0.15) is 31.7 Å². The van der Waals surface area contributed by atoms with Gasteiger partial charge in [0.1, 0.15) is 0 Å². The number of ether oxygens (including phenoxy) is 3. The molecule has 0 aliphatic carbocycles. The molecule has 0 unspecified atom stereocenters. The minimum atomic E-state index is -0.235. The van der Waals surface area contributed by atoms with Crippen molar-refractivity contribution >= 4 is 6.09 Å². The fraction of sp³-hybridized carbons (Fsp3) is 0.611. The molecule has 0 radical (unpaired) electrons. The molecule has 1 aliphatic rings. The van der Waals surface area contributed by atoms with Gasteiger partial charge in [-0.3, -0.25) is 0 Å². The Kier molecular flexibility index (Phi) is 7.18. The molecule has 0 aromatic heterocycles. The summed E-state index contributed by atoms with van der Waals surface area (Å²) in [7, 11) is 3.09. The maximum atomic E-state index is 11.5. The number of carbonyl (C=O) groups excluding carboxylic acids is 1. The Morgan fingerprint density at radius 2 is 2.00 bits per heavy atom. The number of piperidine rings is 1. The number of benzene rings is 1. The second kappa shape index (κ2) is 9.37. The number of hydrogen-bond acceptors (Lipinski definition) is 5. The van der Waals surface area contributed by atoms with Crippen LogP contribution in [0.25, 0.3) is 0 Å². The zero-order chi connectivity index (χ0) is 17.4. The minimum absolute atomic E-state index is 0.235. The third kappa shape index (κ3) is 5.03. The molecule has 1 saturated heterocycles. The molecule has 24 heavy (non-hydrogen) atoms. The Morgan fingerprint density at radius 1 is 1.25 bits per heavy atom. The summed E-state index contributed by atoms with van der Waals surface area (Å²) in [4.78, 5) is 13.2. The van der Waals surface area contributed by atoms with Crippen LogP contribution in [0.3, 0.4) is 0 Å². The van der Waals surface area contributed by atoms with Crippen LogP contribution in [0.2, 0.25) is 0 Å². The predicted molar refractivity (Wildman–Crippen MR) is 92.6 cm³/mol. The van der Waals surface area contributed by atoms with Gasteiger partial charge in [-0.05, 0) is 37.0 Å². The van der Waals surface area contributed by atoms with Crippen molar-refractivity contribution in [3.8, 4) is 11.5 Å². The molecule has 0 bridgehead atoms. The molecule has 0 saturated carbocycles. The van der Waals surface area contributed by atoms with Crippen LogP contribution in [-0.4, -0.2) is 51.0 Å². The molecule has 1 fully saturated rings. The van der Waals surface area contributed by atoms with Crippen LogP contribution in [-0.2, 0) is 11.3 Å². The lowest BCUT2D eigenvalue weighted by Crippen LogP contribution is -2.44. The quantitative estimate of drug-likeness (QED) is 0.830. The predicted octanol–water partition coefficient (Wildman–Crippen LogP) is 2.80. The molecule has 0 atom stereocenters. The topological polar surface area (TPSA) is 60.0 Å². The summed E-state index contributed by atoms with van der Waals surface area (Å²) in [6.07, 6.45) is 2.60. The van der Waals surface area contributed by atoms with Crippen molar-refractivity contribution in [2.75, 3.05) is 33.9 Å². The number of carbonyl (C=O) groups is 1. The van der Waals surface area contributed by atoms with Crippen molar-refractivity contribution in [2.24, 2.45) is 0 Å². The van der Waals surface area contributed by atoms with Gasteiger partial charge in [0, 0.05) is 25.7 Å². The highest BCUT2D eigenvalue weighted by Gasteiger charge is 2.22. The first-order valence-corrected chi connectivity index (χ1v) is 8.54. The molecule has 2 rings (SSSR count). The SMILES string of the molecule is CCCOc1ccc(CNC2CCN(C(=O)OC)CC2)cc1OC. The second-order valence-electron chi connectivity index (χ2n) is 5.95. The smallest absolute Gasteiger partial charge is 0.409 e. The van der Waals surface area contributed by atoms with Gasteiger partial charge in [-0.15, -0.1) is 0 Å². The maximum Gasteiger partial charge on any atom is 0.409 e. The molecule has 6 heteroatoms. The van der Waals surface area contributed by atoms with Crippen LogP contribution in [0, 0.1) is 0 Å². The molecule has 1 aromatic rings. The fourth-order valence-electron chi connectivity index (χ4n) is 2.81. The van der Waals surface area contributed by atoms with E-state index >= 15 is 0 Å². The number of rotatable bonds is 7. The third-order valence-electron chi connectivity index (χ3n) is 4.21. The molecule has 1 heterocycles. The standard InChI is InChI=1S/C18H28N2O4/c1-4-11-24-16-6-5-14(12-17(16)22-2)13-19-15-7-9-20(10-8-15)18(21)23-3/h5-6,12,15,19H,4,7-11,13H2,1-3H3. The molecular formula is C18H28N2O4. The van der Waals surface area contributed by atoms with Gasteiger partial charge in [0.15, 0.2) is 11.5 Å². The average Bonchev–Trinajstić information content (AvgIpc) is 2.64. The van der Waals surface area contributed by atoms with Crippen LogP contribution in [0.15, 0.2) is 18.2 Å². The van der Waals surface area contributed by atoms with Gasteiger partial charge >= 0.3 is 6.09 Å². The number of hydrogen-bond donors (Lipinski definition) is 1. The van der Waals surface area contributed by atoms with Crippen molar-refractivity contribution in [1.29, 1.82) is 0 Å². The van der Waals surface area contributed by atoms with E-state index < -0.39 is 0 Å². The van der Waals surface area contributed by atoms with Crippen LogP contribution < -0.4 is 14.8 Å². The third-order valence-corrected chi connectivity index (χ3v) is 4.21. The fourth-order valence-corrected chi connectivity index (χ4v) is 2.81. The average molecular weight is 336 g/mol. The molecule has 6 nitrogen and oxygen atoms in total. The largest absolute Gasteiger partial charge is 0.493 e. The highest BCUT2D eigenvalue weighted by Crippen LogP contribution is 2.28. The van der Waals surface area contributed by atoms with E-state index in [0.29, 0.717) is 12.6 Å². The normalized spacial score (nSPS) is 15.2. The highest BCUT2D eigenvalue weighted by atomic mass is 16.5. The first kappa shape index (κ1) is 18.4. The van der Waals surface area contributed by atoms with Gasteiger partial charge in [0.05, 0.1) is 20.8 Å². The van der Waals surface area contributed by atoms with Crippen molar-refractivity contribution in [3.05, 3.63) is 23.8 Å². The first-order valence-electron chi connectivity index (χ1n) is 8.54. The number of nitrogens with zero attached hydrogens (tertiary/aromatic N) is 1. The summed E-state index contributed by atoms with van der Waals surface area (Å²) >= 11 is 0. The number of nitrogens with one attached hydrogen (secondary N) is 1. The van der Waals surface area contributed by atoms with Gasteiger partial charge in [-0.2, -0.15) is 0 Å². The van der Waals surface area contributed by atoms with Crippen LogP contribution in [0.5, 0.6) is 11.5 Å². The van der Waals surface area contributed by atoms with E-state index in [1.165, 1.54) is 7.11 Å². The van der Waals surface area contributed by atoms with Gasteiger partial charge in [-0.1, -0.05) is 13.0 Å². The molecule has 134 valence electrons. The highest BCUT2D eigenvalue weighted by molar-refractivity contribution is 5.67. The monoisotopic (exact) mass is 336 g/mol. The molecular weight excluding hydrogens is 308 g/mol. The van der Waals surface area contributed by atoms with E-state index in [2.05, 4.69) is 18.3 Å². The lowest BCUT2D eigenvalue weighted by atomic mass is 10.0. The Labute approximate surface area is 144 Å². The Balaban J connectivity index is 1.83. The van der Waals surface area contributed by atoms with Crippen molar-refractivity contribution in [2.45, 2.75) is 38.8 Å². The Bertz CT molecular complexity index is 528. The van der Waals surface area contributed by atoms with Crippen molar-refractivity contribution in [1.82, 2.24) is 10.2 Å². The summed E-state index contributed by atoms with van der Waals surface area (Å²) < 4.78 is 15.9. The van der Waals surface area contributed by atoms with E-state index in [0.717, 1.165) is 56.0 Å². The number of likely N-dealkylation sites (tertiary alicyclic amines) is 1. The molecule has 0 spiro atoms. The number of amides is 1. The lowest BCUT2D eigenvalue weighted by Gasteiger charge is -2.31. The van der Waals surface area contributed by atoms with Crippen LogP contribution >= 0.6 is 0 Å². The van der Waals surface area contributed by atoms with Gasteiger partial charge in [-0.25, -0.2) is 4.79 Å². The number of methoxy groups -OCH3 is 2. The first-order chi connectivity index (χ1) is 11.7. The summed E-state index contributed by atoms with van der Waals surface area (Å²) in [6, 6.07) is 6.45. The van der Waals surface area contributed by atoms with Crippen molar-refractivity contribution in [3.63, 3.8) is 0 Å². The Hall–Kier alpha value is -1.95. The molecule has 1 amide bonds. The van der Waals surface area contributed by atoms with E-state index in [1.54, 1.807) is 12.0 Å². The zero-order valence-electron chi connectivity index (χ0n) is 14.8. The summed E-state index contributed by atoms with van der Waals surface area (Å²) in [5, 5.41) is 3.55. The summed E-state index contributed by atoms with van der Waals surface area (Å²) in [6.45, 7) is 5.01. The summed E-state index contributed by atoms with van der Waals surface area (Å²) in [5.41, 5.74) is 1.16. The van der Waals surface area contributed by atoms with E-state index in [4.69, 9.17) is 14.2 Å². The van der Waals surface area contributed by atoms with E-state index in [1.807, 2.05) is 12.1 Å². The molecule has 1 aliphatic heterocycles.